The molecule has 0 saturated heterocycles. The second-order valence-electron chi connectivity index (χ2n) is 4.63. The minimum absolute atomic E-state index is 0.149. The van der Waals surface area contributed by atoms with Gasteiger partial charge in [0, 0.05) is 12.1 Å². The summed E-state index contributed by atoms with van der Waals surface area (Å²) in [7, 11) is 0. The van der Waals surface area contributed by atoms with E-state index in [-0.39, 0.29) is 12.3 Å². The predicted octanol–water partition coefficient (Wildman–Crippen LogP) is 2.61. The van der Waals surface area contributed by atoms with Crippen LogP contribution in [0, 0.1) is 12.7 Å². The van der Waals surface area contributed by atoms with Gasteiger partial charge in [-0.25, -0.2) is 4.39 Å². The van der Waals surface area contributed by atoms with Gasteiger partial charge in [0.25, 0.3) is 5.91 Å². The first kappa shape index (κ1) is 15.0. The number of carbonyl (C=O) groups is 1. The van der Waals surface area contributed by atoms with Crippen molar-refractivity contribution in [3.05, 3.63) is 59.4 Å². The van der Waals surface area contributed by atoms with Gasteiger partial charge in [0.05, 0.1) is 5.69 Å². The summed E-state index contributed by atoms with van der Waals surface area (Å²) in [6.07, 6.45) is 0. The molecule has 0 spiro atoms. The van der Waals surface area contributed by atoms with Crippen LogP contribution >= 0.6 is 0 Å². The van der Waals surface area contributed by atoms with Gasteiger partial charge in [-0.15, -0.1) is 0 Å². The first-order valence-electron chi connectivity index (χ1n) is 6.57. The number of amides is 1. The molecule has 0 aliphatic rings. The van der Waals surface area contributed by atoms with E-state index in [1.54, 1.807) is 24.3 Å². The quantitative estimate of drug-likeness (QED) is 0.889. The minimum Gasteiger partial charge on any atom is -0.483 e. The Morgan fingerprint density at radius 1 is 1.29 bits per heavy atom. The standard InChI is InChI=1S/C16H17FN2O2/c1-11-6-7-13(17)14(8-11)19-16(20)10-21-15-5-3-2-4-12(15)9-18/h2-8H,9-10,18H2,1H3,(H,19,20). The highest BCUT2D eigenvalue weighted by Crippen LogP contribution is 2.18. The molecule has 0 aliphatic heterocycles. The predicted molar refractivity (Wildman–Crippen MR) is 79.6 cm³/mol. The van der Waals surface area contributed by atoms with Crippen LogP contribution < -0.4 is 15.8 Å². The van der Waals surface area contributed by atoms with Crippen molar-refractivity contribution < 1.29 is 13.9 Å². The van der Waals surface area contributed by atoms with Gasteiger partial charge in [-0.2, -0.15) is 0 Å². The number of nitrogens with two attached hydrogens (primary N) is 1. The average molecular weight is 288 g/mol. The highest BCUT2D eigenvalue weighted by molar-refractivity contribution is 5.92. The number of nitrogens with one attached hydrogen (secondary N) is 1. The van der Waals surface area contributed by atoms with Crippen LogP contribution in [0.2, 0.25) is 0 Å². The zero-order valence-corrected chi connectivity index (χ0v) is 11.7. The molecular weight excluding hydrogens is 271 g/mol. The van der Waals surface area contributed by atoms with Crippen molar-refractivity contribution >= 4 is 11.6 Å². The fraction of sp³-hybridized carbons (Fsp3) is 0.188. The zero-order valence-electron chi connectivity index (χ0n) is 11.7. The maximum Gasteiger partial charge on any atom is 0.262 e. The van der Waals surface area contributed by atoms with Crippen LogP contribution in [0.5, 0.6) is 5.75 Å². The van der Waals surface area contributed by atoms with E-state index in [9.17, 15) is 9.18 Å². The maximum absolute atomic E-state index is 13.5. The molecule has 2 rings (SSSR count). The average Bonchev–Trinajstić information content (AvgIpc) is 2.49. The number of benzene rings is 2. The topological polar surface area (TPSA) is 64.3 Å². The van der Waals surface area contributed by atoms with E-state index in [1.807, 2.05) is 19.1 Å². The lowest BCUT2D eigenvalue weighted by Gasteiger charge is -2.11. The summed E-state index contributed by atoms with van der Waals surface area (Å²) < 4.78 is 19.0. The second-order valence-corrected chi connectivity index (χ2v) is 4.63. The van der Waals surface area contributed by atoms with E-state index in [2.05, 4.69) is 5.32 Å². The van der Waals surface area contributed by atoms with E-state index in [0.717, 1.165) is 11.1 Å². The molecule has 4 nitrogen and oxygen atoms in total. The SMILES string of the molecule is Cc1ccc(F)c(NC(=O)COc2ccccc2CN)c1. The molecule has 0 saturated carbocycles. The normalized spacial score (nSPS) is 10.2. The molecule has 5 heteroatoms. The Morgan fingerprint density at radius 3 is 2.81 bits per heavy atom. The lowest BCUT2D eigenvalue weighted by molar-refractivity contribution is -0.118. The Labute approximate surface area is 122 Å². The van der Waals surface area contributed by atoms with Gasteiger partial charge < -0.3 is 15.8 Å². The van der Waals surface area contributed by atoms with E-state index in [4.69, 9.17) is 10.5 Å². The number of para-hydroxylation sites is 1. The van der Waals surface area contributed by atoms with Gasteiger partial charge in [-0.05, 0) is 30.7 Å². The van der Waals surface area contributed by atoms with Crippen molar-refractivity contribution in [1.82, 2.24) is 0 Å². The Bertz CT molecular complexity index is 644. The third-order valence-corrected chi connectivity index (χ3v) is 2.95. The van der Waals surface area contributed by atoms with Crippen LogP contribution in [-0.2, 0) is 11.3 Å². The molecule has 0 heterocycles. The van der Waals surface area contributed by atoms with Gasteiger partial charge in [0.15, 0.2) is 6.61 Å². The largest absolute Gasteiger partial charge is 0.483 e. The van der Waals surface area contributed by atoms with E-state index < -0.39 is 11.7 Å². The molecule has 0 aromatic heterocycles. The lowest BCUT2D eigenvalue weighted by Crippen LogP contribution is -2.21. The summed E-state index contributed by atoms with van der Waals surface area (Å²) in [5.74, 6) is -0.345. The molecule has 3 N–H and O–H groups in total. The summed E-state index contributed by atoms with van der Waals surface area (Å²) in [5.41, 5.74) is 7.41. The molecule has 21 heavy (non-hydrogen) atoms. The highest BCUT2D eigenvalue weighted by Gasteiger charge is 2.09. The molecule has 2 aromatic carbocycles. The molecule has 1 amide bonds. The molecule has 2 aromatic rings. The zero-order chi connectivity index (χ0) is 15.2. The van der Waals surface area contributed by atoms with Crippen LogP contribution in [-0.4, -0.2) is 12.5 Å². The molecule has 0 atom stereocenters. The fourth-order valence-corrected chi connectivity index (χ4v) is 1.88. The molecule has 0 radical (unpaired) electrons. The number of rotatable bonds is 5. The molecular formula is C16H17FN2O2. The monoisotopic (exact) mass is 288 g/mol. The van der Waals surface area contributed by atoms with Crippen molar-refractivity contribution in [2.45, 2.75) is 13.5 Å². The Balaban J connectivity index is 1.97. The summed E-state index contributed by atoms with van der Waals surface area (Å²) in [6.45, 7) is 1.94. The van der Waals surface area contributed by atoms with Gasteiger partial charge in [-0.1, -0.05) is 24.3 Å². The third-order valence-electron chi connectivity index (χ3n) is 2.95. The Kier molecular flexibility index (Phi) is 4.90. The van der Waals surface area contributed by atoms with Crippen molar-refractivity contribution in [3.8, 4) is 5.75 Å². The second kappa shape index (κ2) is 6.85. The van der Waals surface area contributed by atoms with Crippen LogP contribution in [0.25, 0.3) is 0 Å². The number of anilines is 1. The van der Waals surface area contributed by atoms with E-state index >= 15 is 0 Å². The van der Waals surface area contributed by atoms with Gasteiger partial charge >= 0.3 is 0 Å². The number of hydrogen-bond acceptors (Lipinski definition) is 3. The number of hydrogen-bond donors (Lipinski definition) is 2. The lowest BCUT2D eigenvalue weighted by atomic mass is 10.2. The number of carbonyl (C=O) groups excluding carboxylic acids is 1. The Hall–Kier alpha value is -2.40. The number of ether oxygens (including phenoxy) is 1. The number of halogens is 1. The van der Waals surface area contributed by atoms with Crippen LogP contribution in [0.3, 0.4) is 0 Å². The van der Waals surface area contributed by atoms with E-state index in [0.29, 0.717) is 12.3 Å². The highest BCUT2D eigenvalue weighted by atomic mass is 19.1. The number of aryl methyl sites for hydroxylation is 1. The van der Waals surface area contributed by atoms with Crippen molar-refractivity contribution in [1.29, 1.82) is 0 Å². The minimum atomic E-state index is -0.476. The van der Waals surface area contributed by atoms with Crippen molar-refractivity contribution in [2.75, 3.05) is 11.9 Å². The summed E-state index contributed by atoms with van der Waals surface area (Å²) in [5, 5.41) is 2.49. The summed E-state index contributed by atoms with van der Waals surface area (Å²) in [6, 6.07) is 11.7. The van der Waals surface area contributed by atoms with Gasteiger partial charge in [0.2, 0.25) is 0 Å². The van der Waals surface area contributed by atoms with E-state index in [1.165, 1.54) is 6.07 Å². The maximum atomic E-state index is 13.5. The Morgan fingerprint density at radius 2 is 2.05 bits per heavy atom. The fourth-order valence-electron chi connectivity index (χ4n) is 1.88. The molecule has 0 aliphatic carbocycles. The molecule has 0 unspecified atom stereocenters. The summed E-state index contributed by atoms with van der Waals surface area (Å²) >= 11 is 0. The van der Waals surface area contributed by atoms with Gasteiger partial charge in [0.1, 0.15) is 11.6 Å². The van der Waals surface area contributed by atoms with Crippen LogP contribution in [0.15, 0.2) is 42.5 Å². The summed E-state index contributed by atoms with van der Waals surface area (Å²) in [4.78, 5) is 11.8. The van der Waals surface area contributed by atoms with Crippen molar-refractivity contribution in [2.24, 2.45) is 5.73 Å². The van der Waals surface area contributed by atoms with Crippen molar-refractivity contribution in [3.63, 3.8) is 0 Å². The first-order chi connectivity index (χ1) is 10.1. The first-order valence-corrected chi connectivity index (χ1v) is 6.57. The molecule has 0 fully saturated rings. The van der Waals surface area contributed by atoms with Gasteiger partial charge in [-0.3, -0.25) is 4.79 Å². The smallest absolute Gasteiger partial charge is 0.262 e. The molecule has 0 bridgehead atoms. The molecule has 110 valence electrons. The third kappa shape index (κ3) is 4.03. The van der Waals surface area contributed by atoms with Crippen LogP contribution in [0.4, 0.5) is 10.1 Å². The van der Waals surface area contributed by atoms with Crippen LogP contribution in [0.1, 0.15) is 11.1 Å².